The fraction of sp³-hybridized carbons (Fsp3) is 0.467. The molecule has 0 heterocycles. The van der Waals surface area contributed by atoms with E-state index in [2.05, 4.69) is 10.1 Å². The zero-order valence-electron chi connectivity index (χ0n) is 12.7. The zero-order valence-corrected chi connectivity index (χ0v) is 13.5. The van der Waals surface area contributed by atoms with Crippen molar-refractivity contribution in [3.8, 4) is 0 Å². The largest absolute Gasteiger partial charge is 0.453 e. The highest BCUT2D eigenvalue weighted by molar-refractivity contribution is 6.30. The van der Waals surface area contributed by atoms with Crippen LogP contribution in [0.5, 0.6) is 0 Å². The first-order chi connectivity index (χ1) is 9.86. The molecule has 0 aromatic heterocycles. The lowest BCUT2D eigenvalue weighted by molar-refractivity contribution is -0.130. The summed E-state index contributed by atoms with van der Waals surface area (Å²) in [4.78, 5) is 24.6. The van der Waals surface area contributed by atoms with Crippen molar-refractivity contribution in [3.05, 3.63) is 34.9 Å². The molecule has 0 fully saturated rings. The Morgan fingerprint density at radius 3 is 2.38 bits per heavy atom. The van der Waals surface area contributed by atoms with E-state index < -0.39 is 6.09 Å². The number of methoxy groups -OCH3 is 1. The van der Waals surface area contributed by atoms with Crippen LogP contribution in [-0.2, 0) is 9.53 Å². The quantitative estimate of drug-likeness (QED) is 0.909. The second-order valence-corrected chi connectivity index (χ2v) is 5.37. The van der Waals surface area contributed by atoms with Crippen LogP contribution in [0.25, 0.3) is 0 Å². The van der Waals surface area contributed by atoms with Gasteiger partial charge in [-0.2, -0.15) is 0 Å². The highest BCUT2D eigenvalue weighted by Crippen LogP contribution is 2.23. The highest BCUT2D eigenvalue weighted by atomic mass is 35.5. The molecule has 1 aromatic rings. The van der Waals surface area contributed by atoms with Crippen molar-refractivity contribution in [1.82, 2.24) is 10.2 Å². The molecule has 5 nitrogen and oxygen atoms in total. The summed E-state index contributed by atoms with van der Waals surface area (Å²) >= 11 is 5.88. The number of nitrogens with one attached hydrogen (secondary N) is 1. The molecule has 0 saturated carbocycles. The van der Waals surface area contributed by atoms with Gasteiger partial charge in [0, 0.05) is 24.0 Å². The first kappa shape index (κ1) is 17.3. The van der Waals surface area contributed by atoms with Crippen LogP contribution in [0.2, 0.25) is 5.02 Å². The summed E-state index contributed by atoms with van der Waals surface area (Å²) in [6.07, 6.45) is -0.616. The molecule has 0 spiro atoms. The summed E-state index contributed by atoms with van der Waals surface area (Å²) in [6.45, 7) is 3.93. The van der Waals surface area contributed by atoms with E-state index in [1.54, 1.807) is 11.9 Å². The van der Waals surface area contributed by atoms with Gasteiger partial charge in [0.25, 0.3) is 0 Å². The number of halogens is 1. The summed E-state index contributed by atoms with van der Waals surface area (Å²) in [5.74, 6) is -0.0249. The molecule has 0 radical (unpaired) electrons. The van der Waals surface area contributed by atoms with E-state index in [4.69, 9.17) is 11.6 Å². The molecule has 1 N–H and O–H groups in total. The molecule has 1 aromatic carbocycles. The second-order valence-electron chi connectivity index (χ2n) is 4.93. The van der Waals surface area contributed by atoms with Crippen LogP contribution in [0.3, 0.4) is 0 Å². The lowest BCUT2D eigenvalue weighted by atomic mass is 9.93. The number of benzene rings is 1. The Hall–Kier alpha value is -1.75. The number of hydrogen-bond donors (Lipinski definition) is 1. The first-order valence-corrected chi connectivity index (χ1v) is 7.07. The van der Waals surface area contributed by atoms with Crippen molar-refractivity contribution < 1.29 is 14.3 Å². The first-order valence-electron chi connectivity index (χ1n) is 6.69. The maximum Gasteiger partial charge on any atom is 0.407 e. The molecule has 1 rings (SSSR count). The number of nitrogens with zero attached hydrogens (tertiary/aromatic N) is 1. The Kier molecular flexibility index (Phi) is 6.49. The molecule has 6 heteroatoms. The number of alkyl carbamates (subject to hydrolysis) is 1. The lowest BCUT2D eigenvalue weighted by Crippen LogP contribution is -2.44. The van der Waals surface area contributed by atoms with Crippen LogP contribution in [-0.4, -0.2) is 43.6 Å². The average Bonchev–Trinajstić information content (AvgIpc) is 2.50. The molecule has 21 heavy (non-hydrogen) atoms. The smallest absolute Gasteiger partial charge is 0.407 e. The number of carbonyl (C=O) groups excluding carboxylic acids is 2. The van der Waals surface area contributed by atoms with Gasteiger partial charge in [0.05, 0.1) is 7.11 Å². The van der Waals surface area contributed by atoms with Crippen molar-refractivity contribution in [3.63, 3.8) is 0 Å². The number of ether oxygens (including phenoxy) is 1. The Morgan fingerprint density at radius 2 is 1.86 bits per heavy atom. The number of hydrogen-bond acceptors (Lipinski definition) is 3. The third-order valence-electron chi connectivity index (χ3n) is 3.69. The van der Waals surface area contributed by atoms with Crippen molar-refractivity contribution in [2.45, 2.75) is 25.8 Å². The molecule has 0 aliphatic heterocycles. The molecule has 0 aliphatic carbocycles. The second kappa shape index (κ2) is 7.88. The zero-order chi connectivity index (χ0) is 16.0. The summed E-state index contributed by atoms with van der Waals surface area (Å²) in [6, 6.07) is 7.56. The normalized spacial score (nSPS) is 13.2. The number of likely N-dealkylation sites (N-methyl/N-ethyl adjacent to an activating group) is 1. The summed E-state index contributed by atoms with van der Waals surface area (Å²) in [5.41, 5.74) is 1.10. The van der Waals surface area contributed by atoms with Crippen LogP contribution in [0.4, 0.5) is 4.79 Å². The Labute approximate surface area is 130 Å². The molecule has 116 valence electrons. The van der Waals surface area contributed by atoms with Crippen molar-refractivity contribution in [2.24, 2.45) is 0 Å². The van der Waals surface area contributed by atoms with Crippen LogP contribution < -0.4 is 5.32 Å². The lowest BCUT2D eigenvalue weighted by Gasteiger charge is -2.30. The maximum absolute atomic E-state index is 12.0. The van der Waals surface area contributed by atoms with Crippen molar-refractivity contribution in [1.29, 1.82) is 0 Å². The third kappa shape index (κ3) is 4.93. The van der Waals surface area contributed by atoms with Gasteiger partial charge in [-0.05, 0) is 24.6 Å². The molecule has 0 aliphatic rings. The van der Waals surface area contributed by atoms with E-state index >= 15 is 0 Å². The van der Waals surface area contributed by atoms with Crippen molar-refractivity contribution in [2.75, 3.05) is 20.7 Å². The van der Waals surface area contributed by atoms with Gasteiger partial charge in [0.2, 0.25) is 5.91 Å². The molecular weight excluding hydrogens is 292 g/mol. The van der Waals surface area contributed by atoms with E-state index in [9.17, 15) is 9.59 Å². The molecule has 0 bridgehead atoms. The Morgan fingerprint density at radius 1 is 1.29 bits per heavy atom. The average molecular weight is 313 g/mol. The van der Waals surface area contributed by atoms with E-state index in [1.807, 2.05) is 38.1 Å². The minimum Gasteiger partial charge on any atom is -0.453 e. The number of amides is 2. The van der Waals surface area contributed by atoms with E-state index in [-0.39, 0.29) is 24.4 Å². The van der Waals surface area contributed by atoms with Crippen molar-refractivity contribution >= 4 is 23.6 Å². The Balaban J connectivity index is 2.63. The minimum atomic E-state index is -0.616. The third-order valence-corrected chi connectivity index (χ3v) is 3.95. The van der Waals surface area contributed by atoms with E-state index in [0.29, 0.717) is 5.02 Å². The van der Waals surface area contributed by atoms with Crippen LogP contribution >= 0.6 is 11.6 Å². The van der Waals surface area contributed by atoms with Gasteiger partial charge in [-0.1, -0.05) is 30.7 Å². The van der Waals surface area contributed by atoms with Gasteiger partial charge < -0.3 is 15.0 Å². The van der Waals surface area contributed by atoms with Crippen LogP contribution in [0, 0.1) is 0 Å². The van der Waals surface area contributed by atoms with Crippen LogP contribution in [0.1, 0.15) is 25.3 Å². The standard InChI is InChI=1S/C15H21ClN2O3/c1-10(12-5-7-13(16)8-6-12)11(2)18(3)14(19)9-17-15(20)21-4/h5-8,10-11H,9H2,1-4H3,(H,17,20)/t10-,11-/m1/s1. The summed E-state index contributed by atoms with van der Waals surface area (Å²) in [5, 5.41) is 3.07. The molecular formula is C15H21ClN2O3. The predicted molar refractivity (Wildman–Crippen MR) is 82.5 cm³/mol. The molecule has 0 unspecified atom stereocenters. The monoisotopic (exact) mass is 312 g/mol. The van der Waals surface area contributed by atoms with Gasteiger partial charge in [-0.15, -0.1) is 0 Å². The Bertz CT molecular complexity index is 490. The topological polar surface area (TPSA) is 58.6 Å². The maximum atomic E-state index is 12.0. The van der Waals surface area contributed by atoms with E-state index in [1.165, 1.54) is 7.11 Å². The number of carbonyl (C=O) groups is 2. The van der Waals surface area contributed by atoms with E-state index in [0.717, 1.165) is 5.56 Å². The fourth-order valence-corrected chi connectivity index (χ4v) is 2.08. The molecule has 2 amide bonds. The highest BCUT2D eigenvalue weighted by Gasteiger charge is 2.22. The fourth-order valence-electron chi connectivity index (χ4n) is 1.95. The van der Waals surface area contributed by atoms with Crippen LogP contribution in [0.15, 0.2) is 24.3 Å². The van der Waals surface area contributed by atoms with Gasteiger partial charge >= 0.3 is 6.09 Å². The predicted octanol–water partition coefficient (Wildman–Crippen LogP) is 2.65. The van der Waals surface area contributed by atoms with Gasteiger partial charge in [0.1, 0.15) is 6.54 Å². The summed E-state index contributed by atoms with van der Waals surface area (Å²) in [7, 11) is 2.98. The van der Waals surface area contributed by atoms with Gasteiger partial charge in [0.15, 0.2) is 0 Å². The molecule has 0 saturated heterocycles. The van der Waals surface area contributed by atoms with Gasteiger partial charge in [-0.3, -0.25) is 4.79 Å². The minimum absolute atomic E-state index is 0.0156. The number of rotatable bonds is 5. The molecule has 2 atom stereocenters. The van der Waals surface area contributed by atoms with Gasteiger partial charge in [-0.25, -0.2) is 4.79 Å². The summed E-state index contributed by atoms with van der Waals surface area (Å²) < 4.78 is 4.44. The SMILES string of the molecule is COC(=O)NCC(=O)N(C)[C@H](C)[C@@H](C)c1ccc(Cl)cc1.